The molecule has 4 aromatic rings. The number of ether oxygens (including phenoxy) is 1. The van der Waals surface area contributed by atoms with Crippen molar-refractivity contribution in [3.63, 3.8) is 0 Å². The second-order valence-electron chi connectivity index (χ2n) is 7.31. The number of nitrogens with zero attached hydrogens (tertiary/aromatic N) is 2. The van der Waals surface area contributed by atoms with Crippen molar-refractivity contribution in [1.29, 1.82) is 5.26 Å². The van der Waals surface area contributed by atoms with E-state index in [-0.39, 0.29) is 0 Å². The lowest BCUT2D eigenvalue weighted by atomic mass is 9.87. The van der Waals surface area contributed by atoms with Gasteiger partial charge in [0.1, 0.15) is 5.75 Å². The number of halogens is 1. The minimum atomic E-state index is -0.540. The number of fused-ring (bicyclic) bond motifs is 1. The van der Waals surface area contributed by atoms with Gasteiger partial charge in [-0.25, -0.2) is 4.79 Å². The second kappa shape index (κ2) is 9.56. The summed E-state index contributed by atoms with van der Waals surface area (Å²) in [5.74, 6) is -0.123. The maximum Gasteiger partial charge on any atom is 0.335 e. The zero-order valence-electron chi connectivity index (χ0n) is 17.9. The van der Waals surface area contributed by atoms with Gasteiger partial charge in [-0.15, -0.1) is 0 Å². The Kier molecular flexibility index (Phi) is 6.39. The van der Waals surface area contributed by atoms with E-state index in [0.717, 1.165) is 44.8 Å². The third-order valence-electron chi connectivity index (χ3n) is 5.34. The summed E-state index contributed by atoms with van der Waals surface area (Å²) in [6, 6.07) is 20.7. The van der Waals surface area contributed by atoms with Crippen molar-refractivity contribution in [2.75, 3.05) is 0 Å². The molecule has 1 N–H and O–H groups in total. The first kappa shape index (κ1) is 22.1. The van der Waals surface area contributed by atoms with Crippen molar-refractivity contribution in [2.24, 2.45) is 0 Å². The molecule has 0 amide bonds. The van der Waals surface area contributed by atoms with E-state index in [1.165, 1.54) is 0 Å². The molecule has 0 aliphatic carbocycles. The molecule has 1 heterocycles. The van der Waals surface area contributed by atoms with Crippen LogP contribution in [-0.4, -0.2) is 16.2 Å². The second-order valence-corrected chi connectivity index (χ2v) is 7.71. The number of benzene rings is 3. The summed E-state index contributed by atoms with van der Waals surface area (Å²) >= 11 is 6.63. The van der Waals surface area contributed by atoms with Crippen LogP contribution in [0.5, 0.6) is 5.75 Å². The van der Waals surface area contributed by atoms with Gasteiger partial charge in [-0.1, -0.05) is 55.4 Å². The molecular weight excluding hydrogens is 434 g/mol. The van der Waals surface area contributed by atoms with Crippen LogP contribution >= 0.6 is 11.6 Å². The van der Waals surface area contributed by atoms with Gasteiger partial charge in [-0.3, -0.25) is 5.10 Å². The number of carbonyl (C=O) groups is 1. The van der Waals surface area contributed by atoms with Crippen LogP contribution in [-0.2, 0) is 4.79 Å². The van der Waals surface area contributed by atoms with Crippen molar-refractivity contribution in [1.82, 2.24) is 10.2 Å². The number of hydrogen-bond acceptors (Lipinski definition) is 4. The van der Waals surface area contributed by atoms with Crippen LogP contribution in [0.4, 0.5) is 0 Å². The average molecular weight is 454 g/mol. The average Bonchev–Trinajstić information content (AvgIpc) is 3.31. The smallest absolute Gasteiger partial charge is 0.335 e. The van der Waals surface area contributed by atoms with E-state index in [1.807, 2.05) is 49.4 Å². The summed E-state index contributed by atoms with van der Waals surface area (Å²) in [5.41, 5.74) is 5.70. The molecule has 6 heteroatoms. The molecule has 0 aliphatic rings. The maximum absolute atomic E-state index is 12.0. The Morgan fingerprint density at radius 2 is 2.00 bits per heavy atom. The highest BCUT2D eigenvalue weighted by molar-refractivity contribution is 6.33. The van der Waals surface area contributed by atoms with Crippen LogP contribution in [0.3, 0.4) is 0 Å². The summed E-state index contributed by atoms with van der Waals surface area (Å²) in [6.07, 6.45) is 3.55. The molecule has 3 aromatic carbocycles. The van der Waals surface area contributed by atoms with Crippen LogP contribution in [0.25, 0.3) is 22.0 Å². The first-order valence-corrected chi connectivity index (χ1v) is 10.7. The van der Waals surface area contributed by atoms with Crippen LogP contribution < -0.4 is 4.74 Å². The number of rotatable bonds is 6. The van der Waals surface area contributed by atoms with E-state index < -0.39 is 5.97 Å². The summed E-state index contributed by atoms with van der Waals surface area (Å²) in [7, 11) is 0. The number of hydrogen-bond donors (Lipinski definition) is 1. The van der Waals surface area contributed by atoms with Gasteiger partial charge in [-0.2, -0.15) is 10.4 Å². The monoisotopic (exact) mass is 453 g/mol. The number of allylic oxidation sites excluding steroid dienone is 1. The third kappa shape index (κ3) is 4.43. The first-order valence-electron chi connectivity index (χ1n) is 10.4. The Bertz CT molecular complexity index is 1440. The van der Waals surface area contributed by atoms with E-state index in [4.69, 9.17) is 16.3 Å². The Morgan fingerprint density at radius 1 is 1.18 bits per heavy atom. The van der Waals surface area contributed by atoms with Crippen molar-refractivity contribution in [2.45, 2.75) is 13.3 Å². The topological polar surface area (TPSA) is 78.8 Å². The van der Waals surface area contributed by atoms with Gasteiger partial charge in [0.15, 0.2) is 0 Å². The Labute approximate surface area is 196 Å². The highest BCUT2D eigenvalue weighted by atomic mass is 35.5. The van der Waals surface area contributed by atoms with Gasteiger partial charge < -0.3 is 4.74 Å². The minimum Gasteiger partial charge on any atom is -0.423 e. The number of H-pyrrole nitrogens is 1. The number of aromatic nitrogens is 2. The molecule has 0 fully saturated rings. The summed E-state index contributed by atoms with van der Waals surface area (Å²) in [6.45, 7) is 5.54. The number of para-hydroxylation sites is 1. The number of aromatic amines is 1. The molecule has 1 aromatic heterocycles. The molecule has 0 spiro atoms. The van der Waals surface area contributed by atoms with Gasteiger partial charge in [0, 0.05) is 22.0 Å². The fourth-order valence-electron chi connectivity index (χ4n) is 3.83. The van der Waals surface area contributed by atoms with Crippen LogP contribution in [0, 0.1) is 11.3 Å². The normalized spacial score (nSPS) is 11.5. The largest absolute Gasteiger partial charge is 0.423 e. The van der Waals surface area contributed by atoms with Gasteiger partial charge >= 0.3 is 5.97 Å². The number of esters is 1. The lowest BCUT2D eigenvalue weighted by Gasteiger charge is -2.19. The predicted molar refractivity (Wildman–Crippen MR) is 131 cm³/mol. The van der Waals surface area contributed by atoms with Crippen molar-refractivity contribution in [3.8, 4) is 11.8 Å². The third-order valence-corrected chi connectivity index (χ3v) is 5.65. The molecule has 0 saturated carbocycles. The van der Waals surface area contributed by atoms with E-state index in [9.17, 15) is 10.1 Å². The SMILES string of the molecule is C=CC(=O)Oc1ccccc1/C(=C(\CC)c1ccc(C#N)cc1Cl)c1ccc2[nH]ncc2c1. The molecule has 0 unspecified atom stereocenters. The molecule has 33 heavy (non-hydrogen) atoms. The lowest BCUT2D eigenvalue weighted by molar-refractivity contribution is -0.128. The lowest BCUT2D eigenvalue weighted by Crippen LogP contribution is -2.06. The minimum absolute atomic E-state index is 0.417. The highest BCUT2D eigenvalue weighted by Crippen LogP contribution is 2.41. The number of nitriles is 1. The Hall–Kier alpha value is -4.14. The molecule has 162 valence electrons. The summed E-state index contributed by atoms with van der Waals surface area (Å²) < 4.78 is 5.58. The summed E-state index contributed by atoms with van der Waals surface area (Å²) in [5, 5.41) is 17.8. The molecule has 0 saturated heterocycles. The highest BCUT2D eigenvalue weighted by Gasteiger charge is 2.20. The zero-order chi connectivity index (χ0) is 23.4. The van der Waals surface area contributed by atoms with Gasteiger partial charge in [0.25, 0.3) is 0 Å². The van der Waals surface area contributed by atoms with Crippen LogP contribution in [0.1, 0.15) is 35.6 Å². The van der Waals surface area contributed by atoms with Crippen molar-refractivity contribution in [3.05, 3.63) is 107 Å². The van der Waals surface area contributed by atoms with Gasteiger partial charge in [-0.05, 0) is 59.0 Å². The van der Waals surface area contributed by atoms with Gasteiger partial charge in [0.05, 0.1) is 23.3 Å². The Morgan fingerprint density at radius 3 is 2.73 bits per heavy atom. The molecular formula is C27H20ClN3O2. The Balaban J connectivity index is 2.04. The van der Waals surface area contributed by atoms with Gasteiger partial charge in [0.2, 0.25) is 0 Å². The number of carbonyl (C=O) groups excluding carboxylic acids is 1. The standard InChI is InChI=1S/C27H20ClN3O2/c1-3-20(21-11-9-17(15-29)13-23(21)28)27(18-10-12-24-19(14-18)16-30-31-24)22-7-5-6-8-25(22)33-26(32)4-2/h4-14,16H,2-3H2,1H3,(H,30,31)/b27-20+. The fraction of sp³-hybridized carbons (Fsp3) is 0.0741. The molecule has 0 aliphatic heterocycles. The van der Waals surface area contributed by atoms with E-state index in [2.05, 4.69) is 22.8 Å². The molecule has 0 radical (unpaired) electrons. The van der Waals surface area contributed by atoms with E-state index >= 15 is 0 Å². The number of nitrogens with one attached hydrogen (secondary N) is 1. The van der Waals surface area contributed by atoms with E-state index in [0.29, 0.717) is 22.8 Å². The zero-order valence-corrected chi connectivity index (χ0v) is 18.7. The predicted octanol–water partition coefficient (Wildman–Crippen LogP) is 6.55. The first-order chi connectivity index (χ1) is 16.0. The fourth-order valence-corrected chi connectivity index (χ4v) is 4.13. The quantitative estimate of drug-likeness (QED) is 0.155. The van der Waals surface area contributed by atoms with Crippen molar-refractivity contribution >= 4 is 39.6 Å². The molecule has 0 atom stereocenters. The van der Waals surface area contributed by atoms with Crippen LogP contribution in [0.2, 0.25) is 5.02 Å². The molecule has 5 nitrogen and oxygen atoms in total. The summed E-state index contributed by atoms with van der Waals surface area (Å²) in [4.78, 5) is 12.0. The maximum atomic E-state index is 12.0. The van der Waals surface area contributed by atoms with E-state index in [1.54, 1.807) is 24.4 Å². The molecule has 0 bridgehead atoms. The molecule has 4 rings (SSSR count). The van der Waals surface area contributed by atoms with Crippen LogP contribution in [0.15, 0.2) is 79.5 Å². The van der Waals surface area contributed by atoms with Crippen molar-refractivity contribution < 1.29 is 9.53 Å².